The number of rotatable bonds is 8. The van der Waals surface area contributed by atoms with Crippen LogP contribution < -0.4 is 0 Å². The molecule has 0 aliphatic carbocycles. The largest absolute Gasteiger partial charge is 0.459 e. The number of hydrogen-bond acceptors (Lipinski definition) is 7. The lowest BCUT2D eigenvalue weighted by Gasteiger charge is -2.24. The van der Waals surface area contributed by atoms with Crippen molar-refractivity contribution in [3.05, 3.63) is 0 Å². The van der Waals surface area contributed by atoms with Gasteiger partial charge in [-0.15, -0.1) is 0 Å². The zero-order valence-corrected chi connectivity index (χ0v) is 11.6. The maximum atomic E-state index is 11.4. The number of ether oxygens (including phenoxy) is 2. The molecule has 7 heteroatoms. The third-order valence-electron chi connectivity index (χ3n) is 3.17. The number of carbonyl (C=O) groups is 2. The van der Waals surface area contributed by atoms with Gasteiger partial charge in [0.2, 0.25) is 5.79 Å². The molecule has 0 spiro atoms. The van der Waals surface area contributed by atoms with Gasteiger partial charge in [-0.1, -0.05) is 19.8 Å². The van der Waals surface area contributed by atoms with E-state index >= 15 is 0 Å². The zero-order valence-electron chi connectivity index (χ0n) is 11.6. The number of aliphatic hydroxyl groups excluding tert-OH is 2. The van der Waals surface area contributed by atoms with Crippen LogP contribution >= 0.6 is 0 Å². The van der Waals surface area contributed by atoms with Gasteiger partial charge in [-0.25, -0.2) is 0 Å². The van der Waals surface area contributed by atoms with Crippen molar-refractivity contribution in [2.24, 2.45) is 0 Å². The molecule has 0 aromatic heterocycles. The van der Waals surface area contributed by atoms with Crippen LogP contribution in [0, 0.1) is 0 Å². The number of unbranched alkanes of at least 4 members (excludes halogenated alkanes) is 2. The molecule has 1 aliphatic rings. The first-order chi connectivity index (χ1) is 9.39. The van der Waals surface area contributed by atoms with Crippen LogP contribution in [0.4, 0.5) is 0 Å². The van der Waals surface area contributed by atoms with Gasteiger partial charge in [0.15, 0.2) is 0 Å². The summed E-state index contributed by atoms with van der Waals surface area (Å²) in [5, 5.41) is 28.5. The number of carbonyl (C=O) groups excluding carboxylic acids is 2. The van der Waals surface area contributed by atoms with E-state index < -0.39 is 30.6 Å². The third-order valence-corrected chi connectivity index (χ3v) is 3.17. The summed E-state index contributed by atoms with van der Waals surface area (Å²) >= 11 is 0. The number of esters is 1. The van der Waals surface area contributed by atoms with Gasteiger partial charge in [0.1, 0.15) is 31.0 Å². The van der Waals surface area contributed by atoms with Crippen LogP contribution in [0.3, 0.4) is 0 Å². The second-order valence-corrected chi connectivity index (χ2v) is 5.00. The summed E-state index contributed by atoms with van der Waals surface area (Å²) in [5.41, 5.74) is 0. The van der Waals surface area contributed by atoms with E-state index in [-0.39, 0.29) is 18.8 Å². The minimum Gasteiger partial charge on any atom is -0.459 e. The fraction of sp³-hybridized carbons (Fsp3) is 0.846. The van der Waals surface area contributed by atoms with Crippen LogP contribution in [0.2, 0.25) is 0 Å². The number of hydrogen-bond donors (Lipinski definition) is 3. The van der Waals surface area contributed by atoms with Crippen molar-refractivity contribution in [3.63, 3.8) is 0 Å². The Morgan fingerprint density at radius 1 is 1.35 bits per heavy atom. The fourth-order valence-corrected chi connectivity index (χ4v) is 1.89. The van der Waals surface area contributed by atoms with Crippen LogP contribution in [0.5, 0.6) is 0 Å². The van der Waals surface area contributed by atoms with E-state index in [0.29, 0.717) is 6.42 Å². The summed E-state index contributed by atoms with van der Waals surface area (Å²) < 4.78 is 9.51. The van der Waals surface area contributed by atoms with E-state index in [0.717, 1.165) is 19.3 Å². The summed E-state index contributed by atoms with van der Waals surface area (Å²) in [6.07, 6.45) is -0.157. The number of ketones is 1. The molecule has 0 bridgehead atoms. The van der Waals surface area contributed by atoms with Crippen molar-refractivity contribution >= 4 is 11.8 Å². The molecule has 1 fully saturated rings. The van der Waals surface area contributed by atoms with Gasteiger partial charge >= 0.3 is 5.97 Å². The molecule has 0 radical (unpaired) electrons. The Kier molecular flexibility index (Phi) is 6.54. The van der Waals surface area contributed by atoms with Crippen LogP contribution in [-0.4, -0.2) is 58.3 Å². The molecule has 3 N–H and O–H groups in total. The molecule has 0 amide bonds. The summed E-state index contributed by atoms with van der Waals surface area (Å²) in [6.45, 7) is 1.15. The number of Topliss-reactive ketones (excluding diaryl/α,β-unsaturated/α-hetero) is 1. The molecule has 3 atom stereocenters. The highest BCUT2D eigenvalue weighted by Gasteiger charge is 2.48. The summed E-state index contributed by atoms with van der Waals surface area (Å²) in [5.74, 6) is -3.11. The molecule has 0 aromatic carbocycles. The van der Waals surface area contributed by atoms with Crippen LogP contribution in [0.25, 0.3) is 0 Å². The van der Waals surface area contributed by atoms with E-state index in [2.05, 4.69) is 0 Å². The quantitative estimate of drug-likeness (QED) is 0.314. The third kappa shape index (κ3) is 4.82. The molecule has 116 valence electrons. The molecule has 0 aromatic rings. The van der Waals surface area contributed by atoms with Crippen molar-refractivity contribution in [2.75, 3.05) is 13.2 Å². The highest BCUT2D eigenvalue weighted by atomic mass is 16.7. The second-order valence-electron chi connectivity index (χ2n) is 5.00. The monoisotopic (exact) mass is 290 g/mol. The first-order valence-corrected chi connectivity index (χ1v) is 6.79. The van der Waals surface area contributed by atoms with Gasteiger partial charge in [0.05, 0.1) is 6.61 Å². The van der Waals surface area contributed by atoms with Gasteiger partial charge < -0.3 is 24.8 Å². The second kappa shape index (κ2) is 7.68. The molecule has 1 aliphatic heterocycles. The highest BCUT2D eigenvalue weighted by Crippen LogP contribution is 2.24. The van der Waals surface area contributed by atoms with E-state index in [1.54, 1.807) is 0 Å². The Bertz CT molecular complexity index is 344. The van der Waals surface area contributed by atoms with E-state index in [1.165, 1.54) is 0 Å². The molecular formula is C13H22O7. The predicted molar refractivity (Wildman–Crippen MR) is 67.6 cm³/mol. The van der Waals surface area contributed by atoms with E-state index in [9.17, 15) is 24.9 Å². The maximum absolute atomic E-state index is 11.4. The summed E-state index contributed by atoms with van der Waals surface area (Å²) in [6, 6.07) is 0. The normalized spacial score (nSPS) is 29.4. The molecular weight excluding hydrogens is 268 g/mol. The average Bonchev–Trinajstić information content (AvgIpc) is 2.65. The molecule has 1 rings (SSSR count). The Morgan fingerprint density at radius 2 is 2.05 bits per heavy atom. The maximum Gasteiger partial charge on any atom is 0.313 e. The van der Waals surface area contributed by atoms with E-state index in [4.69, 9.17) is 9.47 Å². The molecule has 7 nitrogen and oxygen atoms in total. The standard InChI is InChI=1S/C13H22O7/c1-2-3-4-5-9(14)6-11(16)19-8-13(18)12(17)10(15)7-20-13/h10,12,15,17-18H,2-8H2,1H3/t10-,12+,13?/m0/s1. The van der Waals surface area contributed by atoms with Crippen molar-refractivity contribution in [3.8, 4) is 0 Å². The lowest BCUT2D eigenvalue weighted by atomic mass is 10.1. The number of aliphatic hydroxyl groups is 3. The summed E-state index contributed by atoms with van der Waals surface area (Å²) in [7, 11) is 0. The van der Waals surface area contributed by atoms with Crippen molar-refractivity contribution in [1.29, 1.82) is 0 Å². The highest BCUT2D eigenvalue weighted by molar-refractivity contribution is 5.95. The average molecular weight is 290 g/mol. The minimum absolute atomic E-state index is 0.219. The summed E-state index contributed by atoms with van der Waals surface area (Å²) in [4.78, 5) is 22.9. The van der Waals surface area contributed by atoms with Crippen molar-refractivity contribution in [1.82, 2.24) is 0 Å². The zero-order chi connectivity index (χ0) is 15.2. The van der Waals surface area contributed by atoms with Crippen LogP contribution in [0.1, 0.15) is 39.0 Å². The molecule has 0 saturated carbocycles. The molecule has 1 saturated heterocycles. The first kappa shape index (κ1) is 17.0. The van der Waals surface area contributed by atoms with Crippen LogP contribution in [-0.2, 0) is 19.1 Å². The van der Waals surface area contributed by atoms with Gasteiger partial charge in [-0.3, -0.25) is 9.59 Å². The Morgan fingerprint density at radius 3 is 2.60 bits per heavy atom. The van der Waals surface area contributed by atoms with Crippen molar-refractivity contribution < 1.29 is 34.4 Å². The molecule has 1 heterocycles. The van der Waals surface area contributed by atoms with Gasteiger partial charge in [-0.2, -0.15) is 0 Å². The Hall–Kier alpha value is -1.02. The van der Waals surface area contributed by atoms with Gasteiger partial charge in [0, 0.05) is 6.42 Å². The lowest BCUT2D eigenvalue weighted by Crippen LogP contribution is -2.47. The topological polar surface area (TPSA) is 113 Å². The smallest absolute Gasteiger partial charge is 0.313 e. The van der Waals surface area contributed by atoms with Crippen molar-refractivity contribution in [2.45, 2.75) is 57.0 Å². The lowest BCUT2D eigenvalue weighted by molar-refractivity contribution is -0.240. The van der Waals surface area contributed by atoms with E-state index in [1.807, 2.05) is 6.92 Å². The molecule has 20 heavy (non-hydrogen) atoms. The minimum atomic E-state index is -2.11. The Balaban J connectivity index is 2.28. The predicted octanol–water partition coefficient (Wildman–Crippen LogP) is -0.490. The SMILES string of the molecule is CCCCCC(=O)CC(=O)OCC1(O)OC[C@H](O)[C@H]1O. The van der Waals surface area contributed by atoms with Gasteiger partial charge in [0.25, 0.3) is 0 Å². The van der Waals surface area contributed by atoms with Crippen LogP contribution in [0.15, 0.2) is 0 Å². The van der Waals surface area contributed by atoms with Gasteiger partial charge in [-0.05, 0) is 6.42 Å². The molecule has 1 unspecified atom stereocenters. The fourth-order valence-electron chi connectivity index (χ4n) is 1.89. The Labute approximate surface area is 117 Å². The first-order valence-electron chi connectivity index (χ1n) is 6.79.